The summed E-state index contributed by atoms with van der Waals surface area (Å²) in [5, 5.41) is 9.52. The monoisotopic (exact) mass is 354 g/mol. The van der Waals surface area contributed by atoms with E-state index < -0.39 is 5.97 Å². The Labute approximate surface area is 155 Å². The molecule has 1 N–H and O–H groups in total. The number of benzene rings is 2. The summed E-state index contributed by atoms with van der Waals surface area (Å²) in [5.74, 6) is 0.158. The van der Waals surface area contributed by atoms with E-state index in [1.165, 1.54) is 5.56 Å². The van der Waals surface area contributed by atoms with Crippen molar-refractivity contribution in [2.45, 2.75) is 33.3 Å². The fourth-order valence-corrected chi connectivity index (χ4v) is 2.56. The van der Waals surface area contributed by atoms with Crippen molar-refractivity contribution in [3.05, 3.63) is 65.7 Å². The van der Waals surface area contributed by atoms with Crippen LogP contribution in [0.15, 0.2) is 54.6 Å². The van der Waals surface area contributed by atoms with Crippen molar-refractivity contribution in [2.75, 3.05) is 13.2 Å². The summed E-state index contributed by atoms with van der Waals surface area (Å²) >= 11 is 0. The van der Waals surface area contributed by atoms with E-state index >= 15 is 0 Å². The molecule has 26 heavy (non-hydrogen) atoms. The maximum absolute atomic E-state index is 11.4. The van der Waals surface area contributed by atoms with Gasteiger partial charge in [-0.1, -0.05) is 56.3 Å². The molecule has 0 heterocycles. The van der Waals surface area contributed by atoms with Gasteiger partial charge in [-0.2, -0.15) is 0 Å². The number of carbonyl (C=O) groups excluding carboxylic acids is 1. The van der Waals surface area contributed by atoms with Crippen molar-refractivity contribution in [3.63, 3.8) is 0 Å². The molecule has 4 nitrogen and oxygen atoms in total. The van der Waals surface area contributed by atoms with E-state index in [1.807, 2.05) is 18.2 Å². The molecule has 0 spiro atoms. The highest BCUT2D eigenvalue weighted by molar-refractivity contribution is 5.86. The third-order valence-corrected chi connectivity index (χ3v) is 3.99. The number of hydrogen-bond acceptors (Lipinski definition) is 4. The van der Waals surface area contributed by atoms with Gasteiger partial charge in [0.2, 0.25) is 0 Å². The minimum Gasteiger partial charge on any atom is -0.490 e. The van der Waals surface area contributed by atoms with Gasteiger partial charge in [0.25, 0.3) is 0 Å². The topological polar surface area (TPSA) is 55.8 Å². The lowest BCUT2D eigenvalue weighted by Crippen LogP contribution is -2.13. The van der Waals surface area contributed by atoms with E-state index in [2.05, 4.69) is 37.8 Å². The molecule has 2 aromatic carbocycles. The smallest absolute Gasteiger partial charge is 0.333 e. The normalized spacial score (nSPS) is 10.4. The van der Waals surface area contributed by atoms with Crippen LogP contribution in [0.1, 0.15) is 31.4 Å². The number of esters is 1. The molecule has 138 valence electrons. The lowest BCUT2D eigenvalue weighted by Gasteiger charge is -2.13. The standard InChI is InChI=1S/C22H26O4/c1-4-5-17-6-8-18(9-7-17)19-10-11-20(15-23)21(14-19)25-12-13-26-22(24)16(2)3/h6-11,14,23H,2,4-5,12-13,15H2,1,3H3. The molecule has 0 aliphatic rings. The molecular formula is C22H26O4. The molecule has 0 saturated carbocycles. The first-order chi connectivity index (χ1) is 12.5. The second-order valence-corrected chi connectivity index (χ2v) is 6.19. The van der Waals surface area contributed by atoms with Crippen LogP contribution in [-0.2, 0) is 22.6 Å². The minimum absolute atomic E-state index is 0.114. The zero-order valence-corrected chi connectivity index (χ0v) is 15.5. The second kappa shape index (κ2) is 9.78. The molecule has 2 aromatic rings. The first-order valence-corrected chi connectivity index (χ1v) is 8.83. The minimum atomic E-state index is -0.433. The van der Waals surface area contributed by atoms with Crippen molar-refractivity contribution in [3.8, 4) is 16.9 Å². The van der Waals surface area contributed by atoms with Gasteiger partial charge in [-0.3, -0.25) is 0 Å². The molecule has 0 saturated heterocycles. The third kappa shape index (κ3) is 5.46. The van der Waals surface area contributed by atoms with Crippen LogP contribution in [0.3, 0.4) is 0 Å². The van der Waals surface area contributed by atoms with Gasteiger partial charge in [0.1, 0.15) is 19.0 Å². The van der Waals surface area contributed by atoms with Crippen molar-refractivity contribution < 1.29 is 19.4 Å². The molecule has 0 aliphatic carbocycles. The zero-order valence-electron chi connectivity index (χ0n) is 15.5. The molecular weight excluding hydrogens is 328 g/mol. The van der Waals surface area contributed by atoms with Crippen LogP contribution in [-0.4, -0.2) is 24.3 Å². The molecule has 0 unspecified atom stereocenters. The Morgan fingerprint density at radius 3 is 2.38 bits per heavy atom. The van der Waals surface area contributed by atoms with Gasteiger partial charge < -0.3 is 14.6 Å². The highest BCUT2D eigenvalue weighted by Gasteiger charge is 2.08. The highest BCUT2D eigenvalue weighted by Crippen LogP contribution is 2.28. The Hall–Kier alpha value is -2.59. The third-order valence-electron chi connectivity index (χ3n) is 3.99. The highest BCUT2D eigenvalue weighted by atomic mass is 16.6. The number of ether oxygens (including phenoxy) is 2. The van der Waals surface area contributed by atoms with E-state index in [1.54, 1.807) is 6.92 Å². The number of rotatable bonds is 9. The van der Waals surface area contributed by atoms with Crippen molar-refractivity contribution in [1.82, 2.24) is 0 Å². The summed E-state index contributed by atoms with van der Waals surface area (Å²) in [4.78, 5) is 11.4. The Morgan fingerprint density at radius 1 is 1.08 bits per heavy atom. The average molecular weight is 354 g/mol. The van der Waals surface area contributed by atoms with Crippen molar-refractivity contribution in [2.24, 2.45) is 0 Å². The number of aliphatic hydroxyl groups is 1. The molecule has 0 radical (unpaired) electrons. The van der Waals surface area contributed by atoms with Crippen molar-refractivity contribution >= 4 is 5.97 Å². The Kier molecular flexibility index (Phi) is 7.42. The fraction of sp³-hybridized carbons (Fsp3) is 0.318. The van der Waals surface area contributed by atoms with Crippen LogP contribution in [0.5, 0.6) is 5.75 Å². The maximum Gasteiger partial charge on any atom is 0.333 e. The summed E-state index contributed by atoms with van der Waals surface area (Å²) in [6, 6.07) is 14.2. The fourth-order valence-electron chi connectivity index (χ4n) is 2.56. The van der Waals surface area contributed by atoms with E-state index in [-0.39, 0.29) is 19.8 Å². The number of carbonyl (C=O) groups is 1. The van der Waals surface area contributed by atoms with Crippen LogP contribution in [0.25, 0.3) is 11.1 Å². The lowest BCUT2D eigenvalue weighted by atomic mass is 10.0. The molecule has 0 amide bonds. The van der Waals surface area contributed by atoms with Gasteiger partial charge >= 0.3 is 5.97 Å². The molecule has 0 bridgehead atoms. The molecule has 0 aliphatic heterocycles. The molecule has 2 rings (SSSR count). The summed E-state index contributed by atoms with van der Waals surface area (Å²) in [6.07, 6.45) is 2.19. The molecule has 0 atom stereocenters. The number of hydrogen-bond donors (Lipinski definition) is 1. The predicted octanol–water partition coefficient (Wildman–Crippen LogP) is 4.30. The molecule has 4 heteroatoms. The second-order valence-electron chi connectivity index (χ2n) is 6.19. The first kappa shape index (κ1) is 19.7. The van der Waals surface area contributed by atoms with Gasteiger partial charge in [-0.25, -0.2) is 4.79 Å². The Balaban J connectivity index is 2.07. The molecule has 0 aromatic heterocycles. The van der Waals surface area contributed by atoms with E-state index in [0.717, 1.165) is 24.0 Å². The summed E-state index contributed by atoms with van der Waals surface area (Å²) in [6.45, 7) is 7.53. The van der Waals surface area contributed by atoms with Crippen LogP contribution < -0.4 is 4.74 Å². The SMILES string of the molecule is C=C(C)C(=O)OCCOc1cc(-c2ccc(CCC)cc2)ccc1CO. The predicted molar refractivity (Wildman–Crippen MR) is 103 cm³/mol. The van der Waals surface area contributed by atoms with E-state index in [9.17, 15) is 9.90 Å². The maximum atomic E-state index is 11.4. The van der Waals surface area contributed by atoms with E-state index in [0.29, 0.717) is 16.9 Å². The van der Waals surface area contributed by atoms with Crippen LogP contribution >= 0.6 is 0 Å². The van der Waals surface area contributed by atoms with Gasteiger partial charge in [0, 0.05) is 11.1 Å². The first-order valence-electron chi connectivity index (χ1n) is 8.83. The average Bonchev–Trinajstić information content (AvgIpc) is 2.65. The van der Waals surface area contributed by atoms with Gasteiger partial charge in [-0.15, -0.1) is 0 Å². The van der Waals surface area contributed by atoms with Crippen molar-refractivity contribution in [1.29, 1.82) is 0 Å². The Morgan fingerprint density at radius 2 is 1.77 bits per heavy atom. The quantitative estimate of drug-likeness (QED) is 0.414. The Bertz CT molecular complexity index is 747. The van der Waals surface area contributed by atoms with Crippen LogP contribution in [0.4, 0.5) is 0 Å². The van der Waals surface area contributed by atoms with Gasteiger partial charge in [-0.05, 0) is 36.1 Å². The van der Waals surface area contributed by atoms with Gasteiger partial charge in [0.15, 0.2) is 0 Å². The summed E-state index contributed by atoms with van der Waals surface area (Å²) in [5.41, 5.74) is 4.48. The lowest BCUT2D eigenvalue weighted by molar-refractivity contribution is -0.139. The zero-order chi connectivity index (χ0) is 18.9. The van der Waals surface area contributed by atoms with E-state index in [4.69, 9.17) is 9.47 Å². The summed E-state index contributed by atoms with van der Waals surface area (Å²) < 4.78 is 10.7. The largest absolute Gasteiger partial charge is 0.490 e. The number of aryl methyl sites for hydroxylation is 1. The van der Waals surface area contributed by atoms with Crippen LogP contribution in [0, 0.1) is 0 Å². The number of aliphatic hydroxyl groups excluding tert-OH is 1. The van der Waals surface area contributed by atoms with Crippen LogP contribution in [0.2, 0.25) is 0 Å². The molecule has 0 fully saturated rings. The van der Waals surface area contributed by atoms with Gasteiger partial charge in [0.05, 0.1) is 6.61 Å². The summed E-state index contributed by atoms with van der Waals surface area (Å²) in [7, 11) is 0.